The highest BCUT2D eigenvalue weighted by Gasteiger charge is 2.21. The van der Waals surface area contributed by atoms with Gasteiger partial charge in [0.05, 0.1) is 4.47 Å². The van der Waals surface area contributed by atoms with Gasteiger partial charge >= 0.3 is 0 Å². The maximum Gasteiger partial charge on any atom is 0.266 e. The predicted molar refractivity (Wildman–Crippen MR) is 84.2 cm³/mol. The summed E-state index contributed by atoms with van der Waals surface area (Å²) in [5.74, 6) is 0.474. The van der Waals surface area contributed by atoms with E-state index >= 15 is 0 Å². The summed E-state index contributed by atoms with van der Waals surface area (Å²) in [7, 11) is -2.20. The van der Waals surface area contributed by atoms with Gasteiger partial charge in [0, 0.05) is 23.9 Å². The van der Waals surface area contributed by atoms with Crippen molar-refractivity contribution in [3.8, 4) is 0 Å². The number of hydrogen-bond donors (Lipinski definition) is 2. The lowest BCUT2D eigenvalue weighted by Gasteiger charge is -2.11. The quantitative estimate of drug-likeness (QED) is 0.792. The molecule has 0 aliphatic rings. The van der Waals surface area contributed by atoms with Crippen LogP contribution in [0, 0.1) is 0 Å². The summed E-state index contributed by atoms with van der Waals surface area (Å²) in [6, 6.07) is 4.86. The van der Waals surface area contributed by atoms with Gasteiger partial charge in [-0.05, 0) is 50.1 Å². The Morgan fingerprint density at radius 1 is 1.20 bits per heavy atom. The zero-order valence-electron chi connectivity index (χ0n) is 10.3. The van der Waals surface area contributed by atoms with E-state index in [-0.39, 0.29) is 16.5 Å². The molecule has 0 aromatic carbocycles. The lowest BCUT2D eigenvalue weighted by atomic mass is 10.4. The Morgan fingerprint density at radius 3 is 2.60 bits per heavy atom. The Morgan fingerprint density at radius 2 is 1.95 bits per heavy atom. The fraction of sp³-hybridized carbons (Fsp3) is 0.0909. The van der Waals surface area contributed by atoms with Gasteiger partial charge in [0.1, 0.15) is 10.7 Å². The monoisotopic (exact) mass is 420 g/mol. The highest BCUT2D eigenvalue weighted by atomic mass is 79.9. The average Bonchev–Trinajstić information content (AvgIpc) is 2.41. The second-order valence-electron chi connectivity index (χ2n) is 3.69. The molecule has 0 aliphatic carbocycles. The van der Waals surface area contributed by atoms with Crippen LogP contribution in [0.2, 0.25) is 0 Å². The Hall–Kier alpha value is -1.19. The van der Waals surface area contributed by atoms with Crippen LogP contribution in [-0.4, -0.2) is 25.4 Å². The van der Waals surface area contributed by atoms with Crippen molar-refractivity contribution in [2.45, 2.75) is 4.90 Å². The molecule has 6 nitrogen and oxygen atoms in total. The molecule has 0 bridgehead atoms. The predicted octanol–water partition coefficient (Wildman–Crippen LogP) is 2.84. The number of halogens is 2. The van der Waals surface area contributed by atoms with Crippen molar-refractivity contribution in [1.82, 2.24) is 9.97 Å². The van der Waals surface area contributed by atoms with Crippen LogP contribution in [0.25, 0.3) is 0 Å². The van der Waals surface area contributed by atoms with Crippen molar-refractivity contribution in [3.63, 3.8) is 0 Å². The number of sulfonamides is 1. The van der Waals surface area contributed by atoms with Crippen molar-refractivity contribution in [2.24, 2.45) is 0 Å². The lowest BCUT2D eigenvalue weighted by Crippen LogP contribution is -2.16. The molecule has 9 heteroatoms. The summed E-state index contributed by atoms with van der Waals surface area (Å²) < 4.78 is 28.4. The fourth-order valence-electron chi connectivity index (χ4n) is 1.46. The minimum absolute atomic E-state index is 0.0342. The summed E-state index contributed by atoms with van der Waals surface area (Å²) in [4.78, 5) is 8.03. The van der Waals surface area contributed by atoms with E-state index in [2.05, 4.69) is 51.9 Å². The first-order valence-electron chi connectivity index (χ1n) is 5.40. The molecule has 20 heavy (non-hydrogen) atoms. The second-order valence-corrected chi connectivity index (χ2v) is 7.11. The van der Waals surface area contributed by atoms with Gasteiger partial charge in [-0.25, -0.2) is 18.4 Å². The molecule has 0 saturated heterocycles. The number of aromatic nitrogens is 2. The van der Waals surface area contributed by atoms with E-state index in [9.17, 15) is 8.42 Å². The van der Waals surface area contributed by atoms with E-state index in [0.29, 0.717) is 8.95 Å². The van der Waals surface area contributed by atoms with Gasteiger partial charge in [-0.3, -0.25) is 4.72 Å². The minimum atomic E-state index is -3.80. The average molecular weight is 422 g/mol. The topological polar surface area (TPSA) is 84.0 Å². The van der Waals surface area contributed by atoms with Crippen LogP contribution in [-0.2, 0) is 10.0 Å². The number of nitrogens with one attached hydrogen (secondary N) is 2. The standard InChI is InChI=1S/C11H10Br2N4O2S/c1-14-11-9(5-7(12)6-16-11)20(18,19)17-10-8(13)3-2-4-15-10/h2-6H,1H3,(H,14,16)(H,15,17). The first-order valence-corrected chi connectivity index (χ1v) is 8.47. The summed E-state index contributed by atoms with van der Waals surface area (Å²) in [6.07, 6.45) is 3.02. The number of rotatable bonds is 4. The molecule has 106 valence electrons. The molecule has 2 rings (SSSR count). The maximum absolute atomic E-state index is 12.4. The Bertz CT molecular complexity index is 737. The number of hydrogen-bond acceptors (Lipinski definition) is 5. The molecule has 0 atom stereocenters. The second kappa shape index (κ2) is 6.06. The van der Waals surface area contributed by atoms with E-state index in [1.54, 1.807) is 19.2 Å². The SMILES string of the molecule is CNc1ncc(Br)cc1S(=O)(=O)Nc1ncccc1Br. The largest absolute Gasteiger partial charge is 0.372 e. The van der Waals surface area contributed by atoms with Gasteiger partial charge in [-0.1, -0.05) is 0 Å². The first-order chi connectivity index (χ1) is 9.44. The molecular weight excluding hydrogens is 412 g/mol. The Kier molecular flexibility index (Phi) is 4.61. The summed E-state index contributed by atoms with van der Waals surface area (Å²) in [6.45, 7) is 0. The molecule has 2 N–H and O–H groups in total. The summed E-state index contributed by atoms with van der Waals surface area (Å²) >= 11 is 6.45. The van der Waals surface area contributed by atoms with Gasteiger partial charge in [0.25, 0.3) is 10.0 Å². The van der Waals surface area contributed by atoms with Gasteiger partial charge in [-0.2, -0.15) is 0 Å². The van der Waals surface area contributed by atoms with Crippen molar-refractivity contribution < 1.29 is 8.42 Å². The molecule has 0 saturated carbocycles. The fourth-order valence-corrected chi connectivity index (χ4v) is 3.64. The third-order valence-electron chi connectivity index (χ3n) is 2.34. The van der Waals surface area contributed by atoms with Crippen LogP contribution in [0.3, 0.4) is 0 Å². The maximum atomic E-state index is 12.4. The normalized spacial score (nSPS) is 11.2. The van der Waals surface area contributed by atoms with Gasteiger partial charge < -0.3 is 5.32 Å². The van der Waals surface area contributed by atoms with Crippen LogP contribution >= 0.6 is 31.9 Å². The molecule has 0 spiro atoms. The van der Waals surface area contributed by atoms with E-state index in [1.807, 2.05) is 0 Å². The van der Waals surface area contributed by atoms with Crippen LogP contribution in [0.15, 0.2) is 44.4 Å². The summed E-state index contributed by atoms with van der Waals surface area (Å²) in [5, 5.41) is 2.75. The zero-order chi connectivity index (χ0) is 14.8. The first kappa shape index (κ1) is 15.2. The van der Waals surface area contributed by atoms with Gasteiger partial charge in [-0.15, -0.1) is 0 Å². The van der Waals surface area contributed by atoms with E-state index in [4.69, 9.17) is 0 Å². The highest BCUT2D eigenvalue weighted by molar-refractivity contribution is 9.10. The van der Waals surface area contributed by atoms with Gasteiger partial charge in [0.15, 0.2) is 5.82 Å². The minimum Gasteiger partial charge on any atom is -0.372 e. The van der Waals surface area contributed by atoms with E-state index in [1.165, 1.54) is 18.5 Å². The lowest BCUT2D eigenvalue weighted by molar-refractivity contribution is 0.601. The van der Waals surface area contributed by atoms with E-state index in [0.717, 1.165) is 0 Å². The molecular formula is C11H10Br2N4O2S. The van der Waals surface area contributed by atoms with Crippen LogP contribution in [0.4, 0.5) is 11.6 Å². The molecule has 2 heterocycles. The van der Waals surface area contributed by atoms with E-state index < -0.39 is 10.0 Å². The van der Waals surface area contributed by atoms with Crippen molar-refractivity contribution in [3.05, 3.63) is 39.5 Å². The Balaban J connectivity index is 2.46. The van der Waals surface area contributed by atoms with Crippen LogP contribution < -0.4 is 10.0 Å². The number of anilines is 2. The zero-order valence-corrected chi connectivity index (χ0v) is 14.3. The third-order valence-corrected chi connectivity index (χ3v) is 4.76. The smallest absolute Gasteiger partial charge is 0.266 e. The van der Waals surface area contributed by atoms with Crippen molar-refractivity contribution >= 4 is 53.5 Å². The van der Waals surface area contributed by atoms with Crippen molar-refractivity contribution in [1.29, 1.82) is 0 Å². The molecule has 2 aromatic heterocycles. The molecule has 0 amide bonds. The number of pyridine rings is 2. The molecule has 0 fully saturated rings. The van der Waals surface area contributed by atoms with Crippen LogP contribution in [0.1, 0.15) is 0 Å². The van der Waals surface area contributed by atoms with Crippen LogP contribution in [0.5, 0.6) is 0 Å². The molecule has 0 unspecified atom stereocenters. The Labute approximate surface area is 133 Å². The molecule has 2 aromatic rings. The molecule has 0 aliphatic heterocycles. The molecule has 0 radical (unpaired) electrons. The number of nitrogens with zero attached hydrogens (tertiary/aromatic N) is 2. The summed E-state index contributed by atoms with van der Waals surface area (Å²) in [5.41, 5.74) is 0. The van der Waals surface area contributed by atoms with Crippen molar-refractivity contribution in [2.75, 3.05) is 17.1 Å². The van der Waals surface area contributed by atoms with Gasteiger partial charge in [0.2, 0.25) is 0 Å². The highest BCUT2D eigenvalue weighted by Crippen LogP contribution is 2.26. The third kappa shape index (κ3) is 3.28.